The topological polar surface area (TPSA) is 98.7 Å². The number of unbranched alkanes of at least 4 members (excludes halogenated alkanes) is 4. The number of non-ortho nitro benzene ring substituents is 1. The van der Waals surface area contributed by atoms with Gasteiger partial charge in [0.05, 0.1) is 32.1 Å². The Hall–Kier alpha value is -2.65. The Morgan fingerprint density at radius 2 is 1.78 bits per heavy atom. The van der Waals surface area contributed by atoms with E-state index in [2.05, 4.69) is 4.90 Å². The number of thiophene rings is 1. The van der Waals surface area contributed by atoms with E-state index in [1.807, 2.05) is 0 Å². The van der Waals surface area contributed by atoms with Gasteiger partial charge in [0.25, 0.3) is 5.69 Å². The number of rotatable bonds is 12. The van der Waals surface area contributed by atoms with Crippen LogP contribution in [-0.2, 0) is 13.0 Å². The molecular weight excluding hydrogens is 533 g/mol. The van der Waals surface area contributed by atoms with Gasteiger partial charge < -0.3 is 10.5 Å². The predicted molar refractivity (Wildman–Crippen MR) is 149 cm³/mol. The Morgan fingerprint density at radius 1 is 1.05 bits per heavy atom. The third-order valence-electron chi connectivity index (χ3n) is 6.51. The van der Waals surface area contributed by atoms with E-state index >= 15 is 0 Å². The molecule has 37 heavy (non-hydrogen) atoms. The maximum Gasteiger partial charge on any atom is 0.269 e. The maximum atomic E-state index is 13.2. The molecule has 2 N–H and O–H groups in total. The lowest BCUT2D eigenvalue weighted by Gasteiger charge is -2.27. The molecule has 7 nitrogen and oxygen atoms in total. The first-order valence-corrected chi connectivity index (χ1v) is 13.9. The first kappa shape index (κ1) is 27.4. The number of nitrogens with zero attached hydrogens (tertiary/aromatic N) is 2. The molecule has 2 aromatic carbocycles. The van der Waals surface area contributed by atoms with Crippen molar-refractivity contribution >= 4 is 51.0 Å². The Balaban J connectivity index is 1.17. The van der Waals surface area contributed by atoms with Gasteiger partial charge in [-0.2, -0.15) is 0 Å². The molecule has 0 unspecified atom stereocenters. The molecule has 3 aromatic rings. The van der Waals surface area contributed by atoms with Crippen molar-refractivity contribution in [3.63, 3.8) is 0 Å². The quantitative estimate of drug-likeness (QED) is 0.109. The molecule has 0 atom stereocenters. The van der Waals surface area contributed by atoms with E-state index in [4.69, 9.17) is 33.7 Å². The second-order valence-corrected chi connectivity index (χ2v) is 11.0. The van der Waals surface area contributed by atoms with Gasteiger partial charge in [-0.3, -0.25) is 19.8 Å². The van der Waals surface area contributed by atoms with E-state index in [1.54, 1.807) is 30.3 Å². The highest BCUT2D eigenvalue weighted by Gasteiger charge is 2.27. The summed E-state index contributed by atoms with van der Waals surface area (Å²) in [5, 5.41) is 12.0. The van der Waals surface area contributed by atoms with Gasteiger partial charge in [-0.05, 0) is 61.7 Å². The first-order chi connectivity index (χ1) is 17.8. The lowest BCUT2D eigenvalue weighted by molar-refractivity contribution is -0.384. The lowest BCUT2D eigenvalue weighted by Crippen LogP contribution is -2.31. The summed E-state index contributed by atoms with van der Waals surface area (Å²) in [7, 11) is 0. The number of fused-ring (bicyclic) bond motifs is 1. The van der Waals surface area contributed by atoms with Crippen LogP contribution in [0.25, 0.3) is 0 Å². The van der Waals surface area contributed by atoms with E-state index in [9.17, 15) is 14.9 Å². The lowest BCUT2D eigenvalue weighted by atomic mass is 9.96. The largest absolute Gasteiger partial charge is 0.494 e. The van der Waals surface area contributed by atoms with Gasteiger partial charge in [0, 0.05) is 35.7 Å². The van der Waals surface area contributed by atoms with E-state index in [1.165, 1.54) is 28.3 Å². The molecule has 1 aliphatic heterocycles. The molecule has 0 saturated carbocycles. The van der Waals surface area contributed by atoms with Gasteiger partial charge in [0.15, 0.2) is 5.78 Å². The Bertz CT molecular complexity index is 1260. The van der Waals surface area contributed by atoms with Gasteiger partial charge in [0.2, 0.25) is 0 Å². The van der Waals surface area contributed by atoms with Crippen LogP contribution in [0, 0.1) is 10.1 Å². The molecule has 10 heteroatoms. The van der Waals surface area contributed by atoms with Crippen LogP contribution in [0.15, 0.2) is 42.5 Å². The number of hydrogen-bond donors (Lipinski definition) is 1. The SMILES string of the molecule is Nc1sc2c(c1C(=O)c1ccc(Cl)c(Cl)c1)CCN(CCCCCCCOc1ccc([N+](=O)[O-])cc1)C2. The van der Waals surface area contributed by atoms with Crippen LogP contribution in [0.3, 0.4) is 0 Å². The van der Waals surface area contributed by atoms with Crippen LogP contribution in [0.5, 0.6) is 5.75 Å². The van der Waals surface area contributed by atoms with Gasteiger partial charge in [-0.1, -0.05) is 42.5 Å². The normalized spacial score (nSPS) is 13.4. The van der Waals surface area contributed by atoms with Crippen LogP contribution in [0.1, 0.15) is 58.5 Å². The molecule has 1 aliphatic rings. The molecule has 0 aliphatic carbocycles. The minimum Gasteiger partial charge on any atom is -0.494 e. The summed E-state index contributed by atoms with van der Waals surface area (Å²) >= 11 is 13.6. The summed E-state index contributed by atoms with van der Waals surface area (Å²) in [4.78, 5) is 27.1. The zero-order chi connectivity index (χ0) is 26.4. The molecule has 0 fully saturated rings. The van der Waals surface area contributed by atoms with E-state index < -0.39 is 4.92 Å². The van der Waals surface area contributed by atoms with Crippen LogP contribution in [0.4, 0.5) is 10.7 Å². The van der Waals surface area contributed by atoms with Crippen LogP contribution in [0.2, 0.25) is 10.0 Å². The van der Waals surface area contributed by atoms with Crippen molar-refractivity contribution in [2.24, 2.45) is 0 Å². The number of ketones is 1. The summed E-state index contributed by atoms with van der Waals surface area (Å²) in [5.41, 5.74) is 8.55. The standard InChI is InChI=1S/C27H29Cl2N3O4S/c28-22-11-6-18(16-23(22)29)26(33)25-21-12-14-31(17-24(21)37-27(25)30)13-4-2-1-3-5-15-36-20-9-7-19(8-10-20)32(34)35/h6-11,16H,1-5,12-15,17,30H2. The average Bonchev–Trinajstić information content (AvgIpc) is 3.21. The summed E-state index contributed by atoms with van der Waals surface area (Å²) in [6, 6.07) is 11.1. The minimum absolute atomic E-state index is 0.0667. The second kappa shape index (κ2) is 12.7. The van der Waals surface area contributed by atoms with Crippen molar-refractivity contribution in [2.75, 3.05) is 25.4 Å². The first-order valence-electron chi connectivity index (χ1n) is 12.3. The van der Waals surface area contributed by atoms with Crippen LogP contribution in [-0.4, -0.2) is 35.3 Å². The van der Waals surface area contributed by atoms with Crippen LogP contribution >= 0.6 is 34.5 Å². The molecule has 0 amide bonds. The fourth-order valence-electron chi connectivity index (χ4n) is 4.52. The van der Waals surface area contributed by atoms with Crippen molar-refractivity contribution in [3.05, 3.63) is 84.2 Å². The van der Waals surface area contributed by atoms with Crippen molar-refractivity contribution in [1.29, 1.82) is 0 Å². The van der Waals surface area contributed by atoms with E-state index in [-0.39, 0.29) is 11.5 Å². The van der Waals surface area contributed by atoms with Crippen molar-refractivity contribution in [2.45, 2.75) is 45.1 Å². The zero-order valence-corrected chi connectivity index (χ0v) is 22.7. The molecule has 2 heterocycles. The van der Waals surface area contributed by atoms with Crippen LogP contribution < -0.4 is 10.5 Å². The third-order valence-corrected chi connectivity index (χ3v) is 8.29. The summed E-state index contributed by atoms with van der Waals surface area (Å²) in [6.45, 7) is 3.36. The molecule has 1 aromatic heterocycles. The van der Waals surface area contributed by atoms with Gasteiger partial charge in [-0.15, -0.1) is 11.3 Å². The van der Waals surface area contributed by atoms with Gasteiger partial charge in [-0.25, -0.2) is 0 Å². The molecule has 0 radical (unpaired) electrons. The zero-order valence-electron chi connectivity index (χ0n) is 20.4. The van der Waals surface area contributed by atoms with Gasteiger partial charge in [0.1, 0.15) is 5.75 Å². The molecular formula is C27H29Cl2N3O4S. The smallest absolute Gasteiger partial charge is 0.269 e. The molecule has 0 bridgehead atoms. The molecule has 196 valence electrons. The number of nitrogens with two attached hydrogens (primary N) is 1. The Labute approximate surface area is 230 Å². The number of hydrogen-bond acceptors (Lipinski definition) is 7. The van der Waals surface area contributed by atoms with Crippen molar-refractivity contribution in [3.8, 4) is 5.75 Å². The number of ether oxygens (including phenoxy) is 1. The number of benzene rings is 2. The Morgan fingerprint density at radius 3 is 2.51 bits per heavy atom. The monoisotopic (exact) mass is 561 g/mol. The maximum absolute atomic E-state index is 13.2. The van der Waals surface area contributed by atoms with E-state index in [0.29, 0.717) is 38.5 Å². The molecule has 4 rings (SSSR count). The number of nitro groups is 1. The summed E-state index contributed by atoms with van der Waals surface area (Å²) in [6.07, 6.45) is 6.25. The number of nitrogen functional groups attached to an aromatic ring is 1. The fraction of sp³-hybridized carbons (Fsp3) is 0.370. The average molecular weight is 563 g/mol. The Kier molecular flexibility index (Phi) is 9.43. The summed E-state index contributed by atoms with van der Waals surface area (Å²) < 4.78 is 5.67. The molecule has 0 spiro atoms. The number of carbonyl (C=O) groups is 1. The highest BCUT2D eigenvalue weighted by atomic mass is 35.5. The highest BCUT2D eigenvalue weighted by Crippen LogP contribution is 2.37. The minimum atomic E-state index is -0.416. The number of halogens is 2. The van der Waals surface area contributed by atoms with Crippen molar-refractivity contribution in [1.82, 2.24) is 4.90 Å². The van der Waals surface area contributed by atoms with Crippen molar-refractivity contribution < 1.29 is 14.5 Å². The molecule has 0 saturated heterocycles. The number of anilines is 1. The fourth-order valence-corrected chi connectivity index (χ4v) is 5.98. The third kappa shape index (κ3) is 7.02. The van der Waals surface area contributed by atoms with E-state index in [0.717, 1.165) is 63.7 Å². The highest BCUT2D eigenvalue weighted by molar-refractivity contribution is 7.16. The number of carbonyl (C=O) groups excluding carboxylic acids is 1. The predicted octanol–water partition coefficient (Wildman–Crippen LogP) is 7.16. The summed E-state index contributed by atoms with van der Waals surface area (Å²) in [5.74, 6) is 0.561. The van der Waals surface area contributed by atoms with Gasteiger partial charge >= 0.3 is 0 Å². The number of nitro benzene ring substituents is 1. The second-order valence-electron chi connectivity index (χ2n) is 9.09.